The topological polar surface area (TPSA) is 83.5 Å². The molecule has 90 valence electrons. The molecule has 2 N–H and O–H groups in total. The number of carboxylic acids is 1. The average molecular weight is 328 g/mol. The molecule has 0 fully saturated rings. The van der Waals surface area contributed by atoms with Gasteiger partial charge in [-0.15, -0.1) is 11.3 Å². The van der Waals surface area contributed by atoms with Crippen molar-refractivity contribution in [1.82, 2.24) is 4.72 Å². The van der Waals surface area contributed by atoms with E-state index in [0.717, 1.165) is 11.3 Å². The van der Waals surface area contributed by atoms with E-state index in [1.807, 2.05) is 0 Å². The lowest BCUT2D eigenvalue weighted by Crippen LogP contribution is -2.39. The Labute approximate surface area is 106 Å². The van der Waals surface area contributed by atoms with Crippen LogP contribution in [0, 0.1) is 0 Å². The van der Waals surface area contributed by atoms with E-state index >= 15 is 0 Å². The zero-order valence-corrected chi connectivity index (χ0v) is 11.5. The summed E-state index contributed by atoms with van der Waals surface area (Å²) in [6, 6.07) is 0.500. The lowest BCUT2D eigenvalue weighted by molar-refractivity contribution is -0.139. The van der Waals surface area contributed by atoms with Crippen LogP contribution >= 0.6 is 27.3 Å². The summed E-state index contributed by atoms with van der Waals surface area (Å²) in [4.78, 5) is 10.7. The van der Waals surface area contributed by atoms with Gasteiger partial charge in [-0.3, -0.25) is 4.79 Å². The maximum atomic E-state index is 11.8. The summed E-state index contributed by atoms with van der Waals surface area (Å²) in [5, 5.41) is 10.4. The van der Waals surface area contributed by atoms with E-state index in [-0.39, 0.29) is 10.6 Å². The normalized spacial score (nSPS) is 13.6. The maximum Gasteiger partial charge on any atom is 0.321 e. The van der Waals surface area contributed by atoms with Crippen LogP contribution in [0.25, 0.3) is 0 Å². The van der Waals surface area contributed by atoms with Crippen LogP contribution in [0.4, 0.5) is 0 Å². The molecule has 0 amide bonds. The van der Waals surface area contributed by atoms with Gasteiger partial charge in [0, 0.05) is 4.47 Å². The molecule has 8 heteroatoms. The van der Waals surface area contributed by atoms with Crippen LogP contribution in [0.3, 0.4) is 0 Å². The number of thiophene rings is 1. The Morgan fingerprint density at radius 1 is 1.69 bits per heavy atom. The molecule has 1 aromatic rings. The summed E-state index contributed by atoms with van der Waals surface area (Å²) in [5.74, 6) is -1.18. The SMILES string of the molecule is CC[C@@H](NS(=O)(=O)c1sccc1Br)C(=O)O. The molecule has 0 aromatic carbocycles. The summed E-state index contributed by atoms with van der Waals surface area (Å²) in [5.41, 5.74) is 0. The highest BCUT2D eigenvalue weighted by molar-refractivity contribution is 9.10. The largest absolute Gasteiger partial charge is 0.480 e. The third-order valence-electron chi connectivity index (χ3n) is 1.83. The van der Waals surface area contributed by atoms with Crippen LogP contribution < -0.4 is 4.72 Å². The molecule has 0 saturated carbocycles. The van der Waals surface area contributed by atoms with E-state index in [1.54, 1.807) is 18.4 Å². The minimum atomic E-state index is -3.76. The Morgan fingerprint density at radius 2 is 2.31 bits per heavy atom. The highest BCUT2D eigenvalue weighted by Crippen LogP contribution is 2.27. The number of carbonyl (C=O) groups is 1. The fourth-order valence-corrected chi connectivity index (χ4v) is 4.65. The molecule has 16 heavy (non-hydrogen) atoms. The van der Waals surface area contributed by atoms with E-state index in [0.29, 0.717) is 4.47 Å². The highest BCUT2D eigenvalue weighted by atomic mass is 79.9. The van der Waals surface area contributed by atoms with Gasteiger partial charge in [-0.1, -0.05) is 6.92 Å². The van der Waals surface area contributed by atoms with Crippen LogP contribution in [-0.4, -0.2) is 25.5 Å². The predicted octanol–water partition coefficient (Wildman–Crippen LogP) is 1.65. The standard InChI is InChI=1S/C8H10BrNO4S2/c1-2-6(7(11)12)10-16(13,14)8-5(9)3-4-15-8/h3-4,6,10H,2H2,1H3,(H,11,12)/t6-/m1/s1. The van der Waals surface area contributed by atoms with Crippen molar-refractivity contribution < 1.29 is 18.3 Å². The van der Waals surface area contributed by atoms with E-state index in [2.05, 4.69) is 20.7 Å². The van der Waals surface area contributed by atoms with Gasteiger partial charge in [0.1, 0.15) is 10.3 Å². The molecular weight excluding hydrogens is 318 g/mol. The second kappa shape index (κ2) is 5.26. The average Bonchev–Trinajstić information content (AvgIpc) is 2.61. The first-order valence-corrected chi connectivity index (χ1v) is 7.52. The molecule has 1 aromatic heterocycles. The van der Waals surface area contributed by atoms with Crippen molar-refractivity contribution in [2.45, 2.75) is 23.6 Å². The minimum Gasteiger partial charge on any atom is -0.480 e. The smallest absolute Gasteiger partial charge is 0.321 e. The molecule has 5 nitrogen and oxygen atoms in total. The Morgan fingerprint density at radius 3 is 2.69 bits per heavy atom. The molecule has 0 aliphatic carbocycles. The van der Waals surface area contributed by atoms with Crippen molar-refractivity contribution in [3.05, 3.63) is 15.9 Å². The fourth-order valence-electron chi connectivity index (χ4n) is 1.02. The molecular formula is C8H10BrNO4S2. The second-order valence-electron chi connectivity index (χ2n) is 2.98. The van der Waals surface area contributed by atoms with Gasteiger partial charge in [0.15, 0.2) is 0 Å². The van der Waals surface area contributed by atoms with Crippen LogP contribution in [0.1, 0.15) is 13.3 Å². The summed E-state index contributed by atoms with van der Waals surface area (Å²) in [7, 11) is -3.76. The number of nitrogens with one attached hydrogen (secondary N) is 1. The molecule has 0 unspecified atom stereocenters. The monoisotopic (exact) mass is 327 g/mol. The third kappa shape index (κ3) is 3.03. The van der Waals surface area contributed by atoms with Crippen LogP contribution in [0.2, 0.25) is 0 Å². The Kier molecular flexibility index (Phi) is 4.48. The van der Waals surface area contributed by atoms with Gasteiger partial charge in [0.25, 0.3) is 10.0 Å². The van der Waals surface area contributed by atoms with Gasteiger partial charge in [-0.05, 0) is 33.8 Å². The second-order valence-corrected chi connectivity index (χ2v) is 6.66. The molecule has 0 saturated heterocycles. The Bertz CT molecular complexity index is 482. The van der Waals surface area contributed by atoms with E-state index in [4.69, 9.17) is 5.11 Å². The number of carboxylic acid groups (broad SMARTS) is 1. The summed E-state index contributed by atoms with van der Waals surface area (Å²) in [6.45, 7) is 1.60. The molecule has 0 spiro atoms. The zero-order valence-electron chi connectivity index (χ0n) is 8.31. The molecule has 1 rings (SSSR count). The van der Waals surface area contributed by atoms with Crippen molar-refractivity contribution in [2.24, 2.45) is 0 Å². The molecule has 1 heterocycles. The molecule has 0 bridgehead atoms. The van der Waals surface area contributed by atoms with E-state index in [9.17, 15) is 13.2 Å². The van der Waals surface area contributed by atoms with Gasteiger partial charge in [0.05, 0.1) is 0 Å². The number of rotatable bonds is 5. The van der Waals surface area contributed by atoms with Crippen molar-refractivity contribution in [2.75, 3.05) is 0 Å². The van der Waals surface area contributed by atoms with Gasteiger partial charge in [-0.25, -0.2) is 8.42 Å². The van der Waals surface area contributed by atoms with Gasteiger partial charge >= 0.3 is 5.97 Å². The summed E-state index contributed by atoms with van der Waals surface area (Å²) >= 11 is 4.13. The fraction of sp³-hybridized carbons (Fsp3) is 0.375. The first kappa shape index (κ1) is 13.6. The molecule has 0 aliphatic rings. The van der Waals surface area contributed by atoms with Gasteiger partial charge in [0.2, 0.25) is 0 Å². The van der Waals surface area contributed by atoms with Gasteiger partial charge in [-0.2, -0.15) is 4.72 Å². The van der Waals surface area contributed by atoms with Crippen LogP contribution in [0.5, 0.6) is 0 Å². The number of hydrogen-bond acceptors (Lipinski definition) is 4. The highest BCUT2D eigenvalue weighted by Gasteiger charge is 2.26. The first-order chi connectivity index (χ1) is 7.38. The first-order valence-electron chi connectivity index (χ1n) is 4.36. The quantitative estimate of drug-likeness (QED) is 0.861. The minimum absolute atomic E-state index is 0.0900. The summed E-state index contributed by atoms with van der Waals surface area (Å²) < 4.78 is 26.3. The van der Waals surface area contributed by atoms with Crippen LogP contribution in [-0.2, 0) is 14.8 Å². The van der Waals surface area contributed by atoms with Gasteiger partial charge < -0.3 is 5.11 Å². The lowest BCUT2D eigenvalue weighted by atomic mass is 10.2. The number of sulfonamides is 1. The number of halogens is 1. The van der Waals surface area contributed by atoms with Crippen molar-refractivity contribution in [3.8, 4) is 0 Å². The van der Waals surface area contributed by atoms with E-state index < -0.39 is 22.0 Å². The van der Waals surface area contributed by atoms with Crippen LogP contribution in [0.15, 0.2) is 20.1 Å². The molecule has 0 radical (unpaired) electrons. The number of hydrogen-bond donors (Lipinski definition) is 2. The predicted molar refractivity (Wildman–Crippen MR) is 64.1 cm³/mol. The van der Waals surface area contributed by atoms with Crippen molar-refractivity contribution in [1.29, 1.82) is 0 Å². The zero-order chi connectivity index (χ0) is 12.3. The molecule has 1 atom stereocenters. The number of aliphatic carboxylic acids is 1. The van der Waals surface area contributed by atoms with Crippen molar-refractivity contribution in [3.63, 3.8) is 0 Å². The lowest BCUT2D eigenvalue weighted by Gasteiger charge is -2.11. The third-order valence-corrected chi connectivity index (χ3v) is 5.97. The van der Waals surface area contributed by atoms with Crippen molar-refractivity contribution >= 4 is 43.3 Å². The van der Waals surface area contributed by atoms with E-state index in [1.165, 1.54) is 0 Å². The maximum absolute atomic E-state index is 11.8. The summed E-state index contributed by atoms with van der Waals surface area (Å²) in [6.07, 6.45) is 0.192. The Balaban J connectivity index is 2.97. The Hall–Kier alpha value is -0.440. The molecule has 0 aliphatic heterocycles.